The highest BCUT2D eigenvalue weighted by molar-refractivity contribution is 5.69. The van der Waals surface area contributed by atoms with E-state index in [2.05, 4.69) is 19.2 Å². The van der Waals surface area contributed by atoms with Crippen molar-refractivity contribution in [2.24, 2.45) is 0 Å². The van der Waals surface area contributed by atoms with Gasteiger partial charge in [0.2, 0.25) is 0 Å². The van der Waals surface area contributed by atoms with E-state index in [0.717, 1.165) is 18.4 Å². The number of nitrogen functional groups attached to an aromatic ring is 1. The molecule has 1 rings (SSSR count). The number of nitrogens with one attached hydrogen (secondary N) is 1. The molecule has 0 spiro atoms. The number of anilines is 1. The molecule has 0 saturated carbocycles. The molecule has 0 heterocycles. The van der Waals surface area contributed by atoms with Gasteiger partial charge in [-0.2, -0.15) is 0 Å². The lowest BCUT2D eigenvalue weighted by Crippen LogP contribution is -2.47. The highest BCUT2D eigenvalue weighted by Crippen LogP contribution is 2.29. The number of alkyl carbamates (subject to hydrolysis) is 1. The molecule has 112 valence electrons. The summed E-state index contributed by atoms with van der Waals surface area (Å²) >= 11 is 0. The Hall–Kier alpha value is -1.71. The van der Waals surface area contributed by atoms with E-state index in [-0.39, 0.29) is 0 Å². The molecule has 1 amide bonds. The van der Waals surface area contributed by atoms with Crippen LogP contribution in [0.2, 0.25) is 0 Å². The van der Waals surface area contributed by atoms with Crippen LogP contribution in [0.1, 0.15) is 53.0 Å². The van der Waals surface area contributed by atoms with E-state index in [1.807, 2.05) is 45.0 Å². The predicted molar refractivity (Wildman–Crippen MR) is 82.5 cm³/mol. The van der Waals surface area contributed by atoms with E-state index in [0.29, 0.717) is 5.69 Å². The Balaban J connectivity index is 2.97. The normalized spacial score (nSPS) is 12.1. The first-order valence-corrected chi connectivity index (χ1v) is 7.09. The zero-order valence-corrected chi connectivity index (χ0v) is 13.1. The fourth-order valence-electron chi connectivity index (χ4n) is 2.21. The van der Waals surface area contributed by atoms with Crippen LogP contribution in [-0.2, 0) is 10.3 Å². The number of ether oxygens (including phenoxy) is 1. The van der Waals surface area contributed by atoms with Gasteiger partial charge in [-0.25, -0.2) is 4.79 Å². The fraction of sp³-hybridized carbons (Fsp3) is 0.562. The summed E-state index contributed by atoms with van der Waals surface area (Å²) in [4.78, 5) is 12.1. The number of hydrogen-bond donors (Lipinski definition) is 2. The maximum Gasteiger partial charge on any atom is 0.408 e. The largest absolute Gasteiger partial charge is 0.444 e. The number of carbonyl (C=O) groups is 1. The highest BCUT2D eigenvalue weighted by atomic mass is 16.6. The Morgan fingerprint density at radius 1 is 1.15 bits per heavy atom. The smallest absolute Gasteiger partial charge is 0.408 e. The van der Waals surface area contributed by atoms with Gasteiger partial charge in [0.15, 0.2) is 0 Å². The molecule has 1 aromatic carbocycles. The second kappa shape index (κ2) is 6.16. The van der Waals surface area contributed by atoms with E-state index in [1.165, 1.54) is 0 Å². The minimum atomic E-state index is -0.502. The summed E-state index contributed by atoms with van der Waals surface area (Å²) in [7, 11) is 0. The molecule has 3 N–H and O–H groups in total. The van der Waals surface area contributed by atoms with Gasteiger partial charge in [0.1, 0.15) is 5.60 Å². The van der Waals surface area contributed by atoms with Crippen molar-refractivity contribution in [1.82, 2.24) is 5.32 Å². The Bertz CT molecular complexity index is 443. The van der Waals surface area contributed by atoms with Gasteiger partial charge in [-0.3, -0.25) is 0 Å². The van der Waals surface area contributed by atoms with Gasteiger partial charge in [0.25, 0.3) is 0 Å². The number of hydrogen-bond acceptors (Lipinski definition) is 3. The minimum Gasteiger partial charge on any atom is -0.444 e. The highest BCUT2D eigenvalue weighted by Gasteiger charge is 2.32. The standard InChI is InChI=1S/C16H26N2O2/c1-6-16(7-2,12-8-10-13(17)11-9-12)18-14(19)20-15(3,4)5/h8-11H,6-7,17H2,1-5H3,(H,18,19). The first kappa shape index (κ1) is 16.3. The Labute approximate surface area is 121 Å². The van der Waals surface area contributed by atoms with Gasteiger partial charge in [-0.1, -0.05) is 26.0 Å². The molecule has 0 aliphatic heterocycles. The zero-order valence-electron chi connectivity index (χ0n) is 13.1. The average molecular weight is 278 g/mol. The van der Waals surface area contributed by atoms with Crippen LogP contribution in [0.5, 0.6) is 0 Å². The number of nitrogens with two attached hydrogens (primary N) is 1. The lowest BCUT2D eigenvalue weighted by atomic mass is 9.85. The topological polar surface area (TPSA) is 64.3 Å². The second-order valence-corrected chi connectivity index (χ2v) is 6.04. The zero-order chi connectivity index (χ0) is 15.4. The molecule has 4 heteroatoms. The minimum absolute atomic E-state index is 0.391. The lowest BCUT2D eigenvalue weighted by molar-refractivity contribution is 0.0443. The number of rotatable bonds is 4. The molecule has 0 unspecified atom stereocenters. The van der Waals surface area contributed by atoms with Crippen molar-refractivity contribution >= 4 is 11.8 Å². The van der Waals surface area contributed by atoms with E-state index < -0.39 is 17.2 Å². The average Bonchev–Trinajstić information content (AvgIpc) is 2.35. The molecule has 0 atom stereocenters. The molecule has 20 heavy (non-hydrogen) atoms. The van der Waals surface area contributed by atoms with Gasteiger partial charge in [0, 0.05) is 5.69 Å². The summed E-state index contributed by atoms with van der Waals surface area (Å²) in [6, 6.07) is 7.62. The van der Waals surface area contributed by atoms with Crippen molar-refractivity contribution in [3.05, 3.63) is 29.8 Å². The van der Waals surface area contributed by atoms with Gasteiger partial charge < -0.3 is 15.8 Å². The molecule has 0 fully saturated rings. The number of carbonyl (C=O) groups excluding carboxylic acids is 1. The first-order chi connectivity index (χ1) is 9.22. The van der Waals surface area contributed by atoms with Crippen LogP contribution in [-0.4, -0.2) is 11.7 Å². The van der Waals surface area contributed by atoms with Crippen LogP contribution in [0, 0.1) is 0 Å². The van der Waals surface area contributed by atoms with Crippen molar-refractivity contribution in [3.8, 4) is 0 Å². The van der Waals surface area contributed by atoms with E-state index in [9.17, 15) is 4.79 Å². The Kier molecular flexibility index (Phi) is 5.03. The van der Waals surface area contributed by atoms with Gasteiger partial charge >= 0.3 is 6.09 Å². The second-order valence-electron chi connectivity index (χ2n) is 6.04. The fourth-order valence-corrected chi connectivity index (χ4v) is 2.21. The third-order valence-electron chi connectivity index (χ3n) is 3.41. The van der Waals surface area contributed by atoms with Crippen LogP contribution < -0.4 is 11.1 Å². The Morgan fingerprint density at radius 2 is 1.65 bits per heavy atom. The molecule has 0 aliphatic carbocycles. The summed E-state index contributed by atoms with van der Waals surface area (Å²) in [5.41, 5.74) is 6.56. The Morgan fingerprint density at radius 3 is 2.05 bits per heavy atom. The summed E-state index contributed by atoms with van der Waals surface area (Å²) in [5.74, 6) is 0. The molecular weight excluding hydrogens is 252 g/mol. The number of amides is 1. The first-order valence-electron chi connectivity index (χ1n) is 7.09. The molecule has 1 aromatic rings. The maximum atomic E-state index is 12.1. The molecule has 0 aliphatic rings. The van der Waals surface area contributed by atoms with Crippen molar-refractivity contribution in [3.63, 3.8) is 0 Å². The van der Waals surface area contributed by atoms with Crippen molar-refractivity contribution < 1.29 is 9.53 Å². The summed E-state index contributed by atoms with van der Waals surface area (Å²) in [5, 5.41) is 3.02. The maximum absolute atomic E-state index is 12.1. The third kappa shape index (κ3) is 4.15. The lowest BCUT2D eigenvalue weighted by Gasteiger charge is -2.34. The number of benzene rings is 1. The van der Waals surface area contributed by atoms with Crippen LogP contribution in [0.4, 0.5) is 10.5 Å². The van der Waals surface area contributed by atoms with Gasteiger partial charge in [0.05, 0.1) is 5.54 Å². The molecular formula is C16H26N2O2. The molecule has 0 bridgehead atoms. The SMILES string of the molecule is CCC(CC)(NC(=O)OC(C)(C)C)c1ccc(N)cc1. The molecule has 0 aromatic heterocycles. The summed E-state index contributed by atoms with van der Waals surface area (Å²) in [6.07, 6.45) is 1.18. The third-order valence-corrected chi connectivity index (χ3v) is 3.41. The van der Waals surface area contributed by atoms with Crippen molar-refractivity contribution in [2.45, 2.75) is 58.6 Å². The van der Waals surface area contributed by atoms with E-state index >= 15 is 0 Å². The van der Waals surface area contributed by atoms with Crippen molar-refractivity contribution in [2.75, 3.05) is 5.73 Å². The molecule has 0 radical (unpaired) electrons. The van der Waals surface area contributed by atoms with Crippen LogP contribution in [0.25, 0.3) is 0 Å². The monoisotopic (exact) mass is 278 g/mol. The predicted octanol–water partition coefficient (Wildman–Crippen LogP) is 3.81. The van der Waals surface area contributed by atoms with Crippen LogP contribution in [0.15, 0.2) is 24.3 Å². The van der Waals surface area contributed by atoms with Crippen molar-refractivity contribution in [1.29, 1.82) is 0 Å². The van der Waals surface area contributed by atoms with Gasteiger partial charge in [-0.05, 0) is 51.3 Å². The quantitative estimate of drug-likeness (QED) is 0.823. The molecule has 0 saturated heterocycles. The van der Waals surface area contributed by atoms with E-state index in [1.54, 1.807) is 0 Å². The molecule has 4 nitrogen and oxygen atoms in total. The summed E-state index contributed by atoms with van der Waals surface area (Å²) in [6.45, 7) is 9.68. The van der Waals surface area contributed by atoms with Crippen LogP contribution >= 0.6 is 0 Å². The van der Waals surface area contributed by atoms with Crippen LogP contribution in [0.3, 0.4) is 0 Å². The van der Waals surface area contributed by atoms with E-state index in [4.69, 9.17) is 10.5 Å². The van der Waals surface area contributed by atoms with Gasteiger partial charge in [-0.15, -0.1) is 0 Å². The summed E-state index contributed by atoms with van der Waals surface area (Å²) < 4.78 is 5.37.